The quantitative estimate of drug-likeness (QED) is 0.285. The van der Waals surface area contributed by atoms with E-state index in [2.05, 4.69) is 15.0 Å². The molecule has 1 rings (SSSR count). The van der Waals surface area contributed by atoms with Crippen LogP contribution in [0.15, 0.2) is 46.0 Å². The fraction of sp³-hybridized carbons (Fsp3) is 0.286. The Morgan fingerprint density at radius 2 is 1.91 bits per heavy atom. The highest BCUT2D eigenvalue weighted by Crippen LogP contribution is 2.17. The van der Waals surface area contributed by atoms with Crippen LogP contribution >= 0.6 is 11.6 Å². The van der Waals surface area contributed by atoms with Crippen molar-refractivity contribution in [3.05, 3.63) is 41.3 Å². The molecule has 0 aliphatic rings. The first-order valence-corrected chi connectivity index (χ1v) is 6.82. The summed E-state index contributed by atoms with van der Waals surface area (Å²) >= 11 is 5.45. The molecule has 0 amide bonds. The maximum absolute atomic E-state index is 11.5. The van der Waals surface area contributed by atoms with Gasteiger partial charge in [-0.15, -0.1) is 16.7 Å². The number of carbonyl (C=O) groups excluding carboxylic acids is 2. The highest BCUT2D eigenvalue weighted by atomic mass is 35.5. The molecule has 0 radical (unpaired) electrons. The van der Waals surface area contributed by atoms with Gasteiger partial charge in [-0.3, -0.25) is 0 Å². The molecule has 0 atom stereocenters. The number of aliphatic hydroxyl groups excluding tert-OH is 1. The summed E-state index contributed by atoms with van der Waals surface area (Å²) in [6.45, 7) is 2.00. The van der Waals surface area contributed by atoms with Gasteiger partial charge in [0.25, 0.3) is 0 Å². The van der Waals surface area contributed by atoms with Gasteiger partial charge in [-0.25, -0.2) is 9.59 Å². The number of esters is 2. The molecule has 1 aromatic rings. The fourth-order valence-electron chi connectivity index (χ4n) is 1.36. The third kappa shape index (κ3) is 4.85. The summed E-state index contributed by atoms with van der Waals surface area (Å²) in [7, 11) is 1.15. The minimum absolute atomic E-state index is 0.283. The SMILES string of the molecule is CCOC(=O)c1ccc(N=NC(C(=O)OC)=C(O)CCl)cc1. The van der Waals surface area contributed by atoms with Crippen LogP contribution in [0.4, 0.5) is 5.69 Å². The van der Waals surface area contributed by atoms with Crippen LogP contribution in [0.25, 0.3) is 0 Å². The molecule has 0 fully saturated rings. The number of alkyl halides is 1. The monoisotopic (exact) mass is 326 g/mol. The lowest BCUT2D eigenvalue weighted by atomic mass is 10.2. The summed E-state index contributed by atoms with van der Waals surface area (Å²) in [4.78, 5) is 22.9. The number of nitrogens with zero attached hydrogens (tertiary/aromatic N) is 2. The Morgan fingerprint density at radius 1 is 1.27 bits per heavy atom. The van der Waals surface area contributed by atoms with Gasteiger partial charge in [0.1, 0.15) is 5.76 Å². The molecule has 0 unspecified atom stereocenters. The maximum Gasteiger partial charge on any atom is 0.362 e. The number of ether oxygens (including phenoxy) is 2. The molecule has 0 heterocycles. The molecule has 0 saturated heterocycles. The summed E-state index contributed by atoms with van der Waals surface area (Å²) in [5.41, 5.74) is 0.358. The lowest BCUT2D eigenvalue weighted by Crippen LogP contribution is -2.06. The smallest absolute Gasteiger partial charge is 0.362 e. The van der Waals surface area contributed by atoms with Crippen LogP contribution in [0, 0.1) is 0 Å². The molecule has 22 heavy (non-hydrogen) atoms. The van der Waals surface area contributed by atoms with Crippen molar-refractivity contribution in [1.29, 1.82) is 0 Å². The second kappa shape index (κ2) is 8.78. The van der Waals surface area contributed by atoms with Crippen molar-refractivity contribution in [2.45, 2.75) is 6.92 Å². The molecule has 0 aliphatic carbocycles. The normalized spacial score (nSPS) is 12.0. The summed E-state index contributed by atoms with van der Waals surface area (Å²) in [6.07, 6.45) is 0. The Bertz CT molecular complexity index is 596. The second-order valence-electron chi connectivity index (χ2n) is 3.89. The van der Waals surface area contributed by atoms with Crippen LogP contribution in [0.1, 0.15) is 17.3 Å². The number of rotatable bonds is 6. The standard InChI is InChI=1S/C14H15ClN2O5/c1-3-22-13(19)9-4-6-10(7-5-9)16-17-12(11(18)8-15)14(20)21-2/h4-7,18H,3,8H2,1-2H3. The van der Waals surface area contributed by atoms with E-state index in [1.807, 2.05) is 0 Å². The van der Waals surface area contributed by atoms with Crippen molar-refractivity contribution in [3.8, 4) is 0 Å². The molecule has 0 aromatic heterocycles. The zero-order valence-corrected chi connectivity index (χ0v) is 12.8. The van der Waals surface area contributed by atoms with Crippen LogP contribution in [0.5, 0.6) is 0 Å². The van der Waals surface area contributed by atoms with E-state index in [4.69, 9.17) is 16.3 Å². The van der Waals surface area contributed by atoms with Gasteiger partial charge in [0.05, 0.1) is 30.8 Å². The van der Waals surface area contributed by atoms with Crippen LogP contribution < -0.4 is 0 Å². The van der Waals surface area contributed by atoms with Gasteiger partial charge in [0, 0.05) is 0 Å². The highest BCUT2D eigenvalue weighted by molar-refractivity contribution is 6.19. The number of halogens is 1. The van der Waals surface area contributed by atoms with E-state index in [9.17, 15) is 14.7 Å². The van der Waals surface area contributed by atoms with Gasteiger partial charge in [0.15, 0.2) is 0 Å². The number of hydrogen-bond donors (Lipinski definition) is 1. The number of benzene rings is 1. The predicted molar refractivity (Wildman–Crippen MR) is 79.3 cm³/mol. The summed E-state index contributed by atoms with van der Waals surface area (Å²) < 4.78 is 9.32. The van der Waals surface area contributed by atoms with Crippen LogP contribution in [-0.4, -0.2) is 36.6 Å². The van der Waals surface area contributed by atoms with Crippen LogP contribution in [0.2, 0.25) is 0 Å². The van der Waals surface area contributed by atoms with Gasteiger partial charge in [-0.1, -0.05) is 0 Å². The number of methoxy groups -OCH3 is 1. The Morgan fingerprint density at radius 3 is 2.41 bits per heavy atom. The van der Waals surface area contributed by atoms with E-state index in [-0.39, 0.29) is 18.2 Å². The number of aliphatic hydroxyl groups is 1. The molecule has 0 bridgehead atoms. The zero-order chi connectivity index (χ0) is 16.5. The summed E-state index contributed by atoms with van der Waals surface area (Å²) in [5, 5.41) is 16.9. The Balaban J connectivity index is 2.93. The van der Waals surface area contributed by atoms with E-state index < -0.39 is 17.7 Å². The lowest BCUT2D eigenvalue weighted by molar-refractivity contribution is -0.136. The highest BCUT2D eigenvalue weighted by Gasteiger charge is 2.15. The average Bonchev–Trinajstić information content (AvgIpc) is 2.55. The maximum atomic E-state index is 11.5. The van der Waals surface area contributed by atoms with E-state index in [0.29, 0.717) is 11.3 Å². The van der Waals surface area contributed by atoms with Crippen molar-refractivity contribution in [1.82, 2.24) is 0 Å². The third-order valence-electron chi connectivity index (χ3n) is 2.42. The minimum Gasteiger partial charge on any atom is -0.508 e. The van der Waals surface area contributed by atoms with Gasteiger partial charge < -0.3 is 14.6 Å². The number of carbonyl (C=O) groups is 2. The molecule has 0 saturated carbocycles. The number of allylic oxidation sites excluding steroid dienone is 1. The van der Waals surface area contributed by atoms with Gasteiger partial charge in [-0.2, -0.15) is 5.11 Å². The lowest BCUT2D eigenvalue weighted by Gasteiger charge is -2.02. The van der Waals surface area contributed by atoms with Crippen LogP contribution in [-0.2, 0) is 14.3 Å². The first-order valence-electron chi connectivity index (χ1n) is 6.28. The first kappa shape index (κ1) is 17.6. The Hall–Kier alpha value is -2.41. The minimum atomic E-state index is -0.856. The largest absolute Gasteiger partial charge is 0.508 e. The average molecular weight is 327 g/mol. The summed E-state index contributed by atoms with van der Waals surface area (Å²) in [5.74, 6) is -2.04. The second-order valence-corrected chi connectivity index (χ2v) is 4.16. The fourth-order valence-corrected chi connectivity index (χ4v) is 1.49. The molecule has 7 nitrogen and oxygen atoms in total. The predicted octanol–water partition coefficient (Wildman–Crippen LogP) is 3.13. The zero-order valence-electron chi connectivity index (χ0n) is 12.1. The Kier molecular flexibility index (Phi) is 7.04. The van der Waals surface area contributed by atoms with Gasteiger partial charge in [-0.05, 0) is 31.2 Å². The van der Waals surface area contributed by atoms with Crippen molar-refractivity contribution in [2.75, 3.05) is 19.6 Å². The van der Waals surface area contributed by atoms with Gasteiger partial charge >= 0.3 is 11.9 Å². The number of hydrogen-bond acceptors (Lipinski definition) is 7. The topological polar surface area (TPSA) is 97.6 Å². The first-order chi connectivity index (χ1) is 10.5. The van der Waals surface area contributed by atoms with E-state index in [1.54, 1.807) is 6.92 Å². The molecule has 0 spiro atoms. The molecule has 118 valence electrons. The van der Waals surface area contributed by atoms with E-state index in [1.165, 1.54) is 24.3 Å². The molecule has 1 N–H and O–H groups in total. The molecule has 1 aromatic carbocycles. The number of azo groups is 1. The molecule has 8 heteroatoms. The van der Waals surface area contributed by atoms with E-state index in [0.717, 1.165) is 7.11 Å². The van der Waals surface area contributed by atoms with Crippen molar-refractivity contribution < 1.29 is 24.2 Å². The summed E-state index contributed by atoms with van der Waals surface area (Å²) in [6, 6.07) is 6.05. The van der Waals surface area contributed by atoms with Crippen molar-refractivity contribution in [2.24, 2.45) is 10.2 Å². The third-order valence-corrected chi connectivity index (χ3v) is 2.68. The van der Waals surface area contributed by atoms with Crippen molar-refractivity contribution >= 4 is 29.2 Å². The van der Waals surface area contributed by atoms with Gasteiger partial charge in [0.2, 0.25) is 5.70 Å². The molecular formula is C14H15ClN2O5. The molecule has 0 aliphatic heterocycles. The Labute approximate surface area is 132 Å². The molecular weight excluding hydrogens is 312 g/mol. The van der Waals surface area contributed by atoms with E-state index >= 15 is 0 Å². The van der Waals surface area contributed by atoms with Crippen molar-refractivity contribution in [3.63, 3.8) is 0 Å². The van der Waals surface area contributed by atoms with Crippen LogP contribution in [0.3, 0.4) is 0 Å².